The van der Waals surface area contributed by atoms with Crippen molar-refractivity contribution in [2.24, 2.45) is 0 Å². The van der Waals surface area contributed by atoms with E-state index in [0.717, 1.165) is 18.0 Å². The zero-order chi connectivity index (χ0) is 19.1. The predicted octanol–water partition coefficient (Wildman–Crippen LogP) is 3.47. The third-order valence-electron chi connectivity index (χ3n) is 4.54. The predicted molar refractivity (Wildman–Crippen MR) is 107 cm³/mol. The maximum absolute atomic E-state index is 10.5. The Hall–Kier alpha value is -2.63. The molecule has 3 rings (SSSR count). The molecule has 27 heavy (non-hydrogen) atoms. The Morgan fingerprint density at radius 3 is 2.52 bits per heavy atom. The fourth-order valence-electron chi connectivity index (χ4n) is 3.00. The summed E-state index contributed by atoms with van der Waals surface area (Å²) in [4.78, 5) is 2.21. The van der Waals surface area contributed by atoms with Crippen molar-refractivity contribution in [3.8, 4) is 5.75 Å². The minimum atomic E-state index is -0.585. The first-order valence-corrected chi connectivity index (χ1v) is 9.23. The molecule has 0 radical (unpaired) electrons. The van der Waals surface area contributed by atoms with Crippen LogP contribution in [0.4, 0.5) is 0 Å². The second kappa shape index (κ2) is 9.35. The van der Waals surface area contributed by atoms with Gasteiger partial charge in [0.15, 0.2) is 0 Å². The molecule has 142 valence electrons. The molecular formula is C22H27N3O2. The topological polar surface area (TPSA) is 61.4 Å². The molecule has 1 heterocycles. The lowest BCUT2D eigenvalue weighted by Crippen LogP contribution is -2.35. The van der Waals surface area contributed by atoms with Crippen LogP contribution in [0.15, 0.2) is 60.8 Å². The van der Waals surface area contributed by atoms with Gasteiger partial charge >= 0.3 is 0 Å². The van der Waals surface area contributed by atoms with Gasteiger partial charge in [0.1, 0.15) is 18.5 Å². The third-order valence-corrected chi connectivity index (χ3v) is 4.54. The zero-order valence-corrected chi connectivity index (χ0v) is 15.9. The van der Waals surface area contributed by atoms with Crippen LogP contribution in [0.3, 0.4) is 0 Å². The van der Waals surface area contributed by atoms with E-state index in [1.807, 2.05) is 49.4 Å². The van der Waals surface area contributed by atoms with E-state index in [2.05, 4.69) is 34.2 Å². The summed E-state index contributed by atoms with van der Waals surface area (Å²) in [6, 6.07) is 18.2. The number of aromatic nitrogens is 2. The Morgan fingerprint density at radius 1 is 1.04 bits per heavy atom. The number of aliphatic hydroxyl groups excluding tert-OH is 1. The van der Waals surface area contributed by atoms with E-state index >= 15 is 0 Å². The summed E-state index contributed by atoms with van der Waals surface area (Å²) >= 11 is 0. The van der Waals surface area contributed by atoms with E-state index in [0.29, 0.717) is 13.1 Å². The van der Waals surface area contributed by atoms with Crippen molar-refractivity contribution in [2.45, 2.75) is 33.0 Å². The van der Waals surface area contributed by atoms with Gasteiger partial charge in [0.25, 0.3) is 0 Å². The molecule has 0 amide bonds. The Labute approximate surface area is 160 Å². The number of ether oxygens (including phenoxy) is 1. The van der Waals surface area contributed by atoms with Crippen LogP contribution in [-0.4, -0.2) is 39.5 Å². The molecule has 5 heteroatoms. The quantitative estimate of drug-likeness (QED) is 0.610. The molecule has 0 aliphatic carbocycles. The van der Waals surface area contributed by atoms with Crippen LogP contribution in [0.2, 0.25) is 0 Å². The number of rotatable bonds is 9. The average Bonchev–Trinajstić information content (AvgIpc) is 3.16. The Balaban J connectivity index is 1.61. The molecule has 2 N–H and O–H groups in total. The van der Waals surface area contributed by atoms with Gasteiger partial charge in [-0.2, -0.15) is 5.10 Å². The standard InChI is InChI=1S/C22H27N3O2/c1-17-7-9-22(10-8-17)27-16-21(26)15-25(14-20-11-12-23-24-20)13-19-6-4-3-5-18(19)2/h3-12,21,26H,13-16H2,1-2H3,(H,23,24). The van der Waals surface area contributed by atoms with Gasteiger partial charge in [-0.05, 0) is 43.2 Å². The molecule has 0 fully saturated rings. The van der Waals surface area contributed by atoms with Crippen molar-refractivity contribution in [3.63, 3.8) is 0 Å². The number of H-pyrrole nitrogens is 1. The van der Waals surface area contributed by atoms with Crippen LogP contribution >= 0.6 is 0 Å². The van der Waals surface area contributed by atoms with Gasteiger partial charge in [0.2, 0.25) is 0 Å². The van der Waals surface area contributed by atoms with Crippen LogP contribution in [0.25, 0.3) is 0 Å². The molecule has 3 aromatic rings. The first-order chi connectivity index (χ1) is 13.1. The van der Waals surface area contributed by atoms with Gasteiger partial charge in [-0.3, -0.25) is 10.00 Å². The number of aryl methyl sites for hydroxylation is 2. The molecule has 0 saturated carbocycles. The molecule has 1 aromatic heterocycles. The van der Waals surface area contributed by atoms with Crippen LogP contribution in [-0.2, 0) is 13.1 Å². The van der Waals surface area contributed by atoms with E-state index in [9.17, 15) is 5.11 Å². The van der Waals surface area contributed by atoms with Crippen molar-refractivity contribution in [2.75, 3.05) is 13.2 Å². The smallest absolute Gasteiger partial charge is 0.119 e. The molecule has 0 saturated heterocycles. The maximum Gasteiger partial charge on any atom is 0.119 e. The molecule has 2 aromatic carbocycles. The van der Waals surface area contributed by atoms with E-state index in [-0.39, 0.29) is 6.61 Å². The minimum absolute atomic E-state index is 0.260. The highest BCUT2D eigenvalue weighted by Crippen LogP contribution is 2.15. The van der Waals surface area contributed by atoms with Gasteiger partial charge in [-0.1, -0.05) is 42.0 Å². The minimum Gasteiger partial charge on any atom is -0.491 e. The number of hydrogen-bond acceptors (Lipinski definition) is 4. The molecular weight excluding hydrogens is 338 g/mol. The van der Waals surface area contributed by atoms with Crippen LogP contribution < -0.4 is 4.74 Å². The molecule has 1 unspecified atom stereocenters. The maximum atomic E-state index is 10.5. The molecule has 0 aliphatic rings. The van der Waals surface area contributed by atoms with Crippen LogP contribution in [0, 0.1) is 13.8 Å². The molecule has 5 nitrogen and oxygen atoms in total. The van der Waals surface area contributed by atoms with Crippen molar-refractivity contribution in [1.29, 1.82) is 0 Å². The van der Waals surface area contributed by atoms with Gasteiger partial charge in [-0.15, -0.1) is 0 Å². The summed E-state index contributed by atoms with van der Waals surface area (Å²) in [6.07, 6.45) is 1.16. The second-order valence-electron chi connectivity index (χ2n) is 6.96. The highest BCUT2D eigenvalue weighted by Gasteiger charge is 2.15. The van der Waals surface area contributed by atoms with Gasteiger partial charge in [0.05, 0.1) is 0 Å². The Kier molecular flexibility index (Phi) is 6.63. The number of hydrogen-bond donors (Lipinski definition) is 2. The number of nitrogens with one attached hydrogen (secondary N) is 1. The number of benzene rings is 2. The summed E-state index contributed by atoms with van der Waals surface area (Å²) in [5.41, 5.74) is 4.71. The summed E-state index contributed by atoms with van der Waals surface area (Å²) < 4.78 is 5.74. The van der Waals surface area contributed by atoms with Gasteiger partial charge in [0, 0.05) is 31.5 Å². The second-order valence-corrected chi connectivity index (χ2v) is 6.96. The molecule has 0 spiro atoms. The Morgan fingerprint density at radius 2 is 1.81 bits per heavy atom. The van der Waals surface area contributed by atoms with Gasteiger partial charge in [-0.25, -0.2) is 0 Å². The highest BCUT2D eigenvalue weighted by atomic mass is 16.5. The number of nitrogens with zero attached hydrogens (tertiary/aromatic N) is 2. The summed E-state index contributed by atoms with van der Waals surface area (Å²) in [5, 5.41) is 17.5. The largest absolute Gasteiger partial charge is 0.491 e. The zero-order valence-electron chi connectivity index (χ0n) is 15.9. The average molecular weight is 365 g/mol. The SMILES string of the molecule is Cc1ccc(OCC(O)CN(Cc2ccn[nH]2)Cc2ccccc2C)cc1. The molecule has 0 bridgehead atoms. The fourth-order valence-corrected chi connectivity index (χ4v) is 3.00. The van der Waals surface area contributed by atoms with E-state index in [1.54, 1.807) is 6.20 Å². The summed E-state index contributed by atoms with van der Waals surface area (Å²) in [5.74, 6) is 0.777. The molecule has 1 atom stereocenters. The van der Waals surface area contributed by atoms with E-state index in [4.69, 9.17) is 4.74 Å². The van der Waals surface area contributed by atoms with Crippen molar-refractivity contribution >= 4 is 0 Å². The number of aromatic amines is 1. The first-order valence-electron chi connectivity index (χ1n) is 9.23. The van der Waals surface area contributed by atoms with Crippen molar-refractivity contribution in [3.05, 3.63) is 83.2 Å². The van der Waals surface area contributed by atoms with Crippen molar-refractivity contribution in [1.82, 2.24) is 15.1 Å². The van der Waals surface area contributed by atoms with Gasteiger partial charge < -0.3 is 9.84 Å². The fraction of sp³-hybridized carbons (Fsp3) is 0.318. The normalized spacial score (nSPS) is 12.3. The lowest BCUT2D eigenvalue weighted by Gasteiger charge is -2.25. The van der Waals surface area contributed by atoms with Crippen LogP contribution in [0.5, 0.6) is 5.75 Å². The van der Waals surface area contributed by atoms with E-state index in [1.165, 1.54) is 16.7 Å². The third kappa shape index (κ3) is 5.94. The highest BCUT2D eigenvalue weighted by molar-refractivity contribution is 5.26. The monoisotopic (exact) mass is 365 g/mol. The lowest BCUT2D eigenvalue weighted by molar-refractivity contribution is 0.0623. The first kappa shape index (κ1) is 19.1. The van der Waals surface area contributed by atoms with Crippen molar-refractivity contribution < 1.29 is 9.84 Å². The Bertz CT molecular complexity index is 816. The van der Waals surface area contributed by atoms with E-state index < -0.39 is 6.10 Å². The summed E-state index contributed by atoms with van der Waals surface area (Å²) in [6.45, 7) is 6.37. The number of aliphatic hydroxyl groups is 1. The summed E-state index contributed by atoms with van der Waals surface area (Å²) in [7, 11) is 0. The van der Waals surface area contributed by atoms with Crippen LogP contribution in [0.1, 0.15) is 22.4 Å². The molecule has 0 aliphatic heterocycles. The lowest BCUT2D eigenvalue weighted by atomic mass is 10.1.